The first-order chi connectivity index (χ1) is 11.4. The first-order valence-electron chi connectivity index (χ1n) is 8.11. The van der Waals surface area contributed by atoms with Crippen LogP contribution in [-0.4, -0.2) is 33.2 Å². The number of benzene rings is 1. The Balaban J connectivity index is 2.46. The standard InChI is InChI=1S/C16H21N3O5/c1-3-17(12-7-5-4-6-8-12)16(20)14-9-13(18(21)22)10-15(11(14)2)19(23)24/h9-10,12H,3-8H2,1-2H3. The second-order valence-corrected chi connectivity index (χ2v) is 6.03. The van der Waals surface area contributed by atoms with Gasteiger partial charge in [-0.3, -0.25) is 25.0 Å². The molecule has 0 spiro atoms. The molecule has 2 rings (SSSR count). The first-order valence-corrected chi connectivity index (χ1v) is 8.11. The minimum absolute atomic E-state index is 0.0447. The Morgan fingerprint density at radius 1 is 1.17 bits per heavy atom. The van der Waals surface area contributed by atoms with Gasteiger partial charge in [-0.25, -0.2) is 0 Å². The van der Waals surface area contributed by atoms with E-state index in [9.17, 15) is 25.0 Å². The maximum atomic E-state index is 12.9. The molecule has 8 heteroatoms. The lowest BCUT2D eigenvalue weighted by atomic mass is 9.93. The molecule has 0 unspecified atom stereocenters. The van der Waals surface area contributed by atoms with Crippen LogP contribution in [0.2, 0.25) is 0 Å². The van der Waals surface area contributed by atoms with Crippen LogP contribution in [0, 0.1) is 27.2 Å². The molecule has 0 aromatic heterocycles. The minimum Gasteiger partial charge on any atom is -0.336 e. The van der Waals surface area contributed by atoms with E-state index < -0.39 is 21.2 Å². The van der Waals surface area contributed by atoms with Crippen LogP contribution in [0.25, 0.3) is 0 Å². The highest BCUT2D eigenvalue weighted by molar-refractivity contribution is 5.97. The number of nitro benzene ring substituents is 2. The summed E-state index contributed by atoms with van der Waals surface area (Å²) in [6.45, 7) is 3.79. The fraction of sp³-hybridized carbons (Fsp3) is 0.562. The summed E-state index contributed by atoms with van der Waals surface area (Å²) in [5.41, 5.74) is -0.615. The van der Waals surface area contributed by atoms with Crippen LogP contribution >= 0.6 is 0 Å². The zero-order valence-electron chi connectivity index (χ0n) is 13.9. The molecule has 1 aliphatic rings. The van der Waals surface area contributed by atoms with E-state index in [-0.39, 0.29) is 23.1 Å². The topological polar surface area (TPSA) is 107 Å². The Kier molecular flexibility index (Phi) is 5.48. The van der Waals surface area contributed by atoms with E-state index in [1.807, 2.05) is 6.92 Å². The quantitative estimate of drug-likeness (QED) is 0.603. The summed E-state index contributed by atoms with van der Waals surface area (Å²) in [5.74, 6) is -0.367. The molecule has 0 saturated heterocycles. The fourth-order valence-electron chi connectivity index (χ4n) is 3.32. The number of nitro groups is 2. The van der Waals surface area contributed by atoms with Gasteiger partial charge in [-0.1, -0.05) is 19.3 Å². The lowest BCUT2D eigenvalue weighted by Gasteiger charge is -2.33. The largest absolute Gasteiger partial charge is 0.336 e. The summed E-state index contributed by atoms with van der Waals surface area (Å²) in [6.07, 6.45) is 5.03. The molecule has 130 valence electrons. The number of rotatable bonds is 5. The van der Waals surface area contributed by atoms with E-state index >= 15 is 0 Å². The van der Waals surface area contributed by atoms with E-state index in [4.69, 9.17) is 0 Å². The maximum absolute atomic E-state index is 12.9. The number of hydrogen-bond donors (Lipinski definition) is 0. The predicted octanol–water partition coefficient (Wildman–Crippen LogP) is 3.61. The van der Waals surface area contributed by atoms with Crippen molar-refractivity contribution in [3.05, 3.63) is 43.5 Å². The third-order valence-corrected chi connectivity index (χ3v) is 4.62. The minimum atomic E-state index is -0.708. The predicted molar refractivity (Wildman–Crippen MR) is 88.1 cm³/mol. The molecule has 0 bridgehead atoms. The molecule has 1 aromatic carbocycles. The van der Waals surface area contributed by atoms with Crippen molar-refractivity contribution in [2.45, 2.75) is 52.0 Å². The summed E-state index contributed by atoms with van der Waals surface area (Å²) >= 11 is 0. The number of non-ortho nitro benzene ring substituents is 1. The van der Waals surface area contributed by atoms with Gasteiger partial charge in [0.25, 0.3) is 17.3 Å². The van der Waals surface area contributed by atoms with E-state index in [1.54, 1.807) is 4.90 Å². The lowest BCUT2D eigenvalue weighted by molar-refractivity contribution is -0.394. The van der Waals surface area contributed by atoms with Crippen LogP contribution in [0.4, 0.5) is 11.4 Å². The molecule has 1 aliphatic carbocycles. The van der Waals surface area contributed by atoms with Crippen LogP contribution in [0.5, 0.6) is 0 Å². The Hall–Kier alpha value is -2.51. The molecular formula is C16H21N3O5. The Morgan fingerprint density at radius 3 is 2.29 bits per heavy atom. The van der Waals surface area contributed by atoms with Crippen molar-refractivity contribution in [2.75, 3.05) is 6.54 Å². The molecule has 0 radical (unpaired) electrons. The highest BCUT2D eigenvalue weighted by Gasteiger charge is 2.30. The van der Waals surface area contributed by atoms with Gasteiger partial charge in [0.1, 0.15) is 0 Å². The summed E-state index contributed by atoms with van der Waals surface area (Å²) < 4.78 is 0. The van der Waals surface area contributed by atoms with Crippen LogP contribution in [-0.2, 0) is 0 Å². The van der Waals surface area contributed by atoms with Crippen LogP contribution in [0.3, 0.4) is 0 Å². The molecule has 0 aliphatic heterocycles. The molecule has 0 N–H and O–H groups in total. The third-order valence-electron chi connectivity index (χ3n) is 4.62. The Labute approximate surface area is 139 Å². The molecule has 8 nitrogen and oxygen atoms in total. The van der Waals surface area contributed by atoms with Crippen molar-refractivity contribution in [1.29, 1.82) is 0 Å². The van der Waals surface area contributed by atoms with E-state index in [1.165, 1.54) is 6.92 Å². The zero-order valence-corrected chi connectivity index (χ0v) is 13.9. The van der Waals surface area contributed by atoms with Crippen molar-refractivity contribution in [1.82, 2.24) is 4.90 Å². The van der Waals surface area contributed by atoms with Gasteiger partial charge >= 0.3 is 0 Å². The van der Waals surface area contributed by atoms with E-state index in [2.05, 4.69) is 0 Å². The highest BCUT2D eigenvalue weighted by atomic mass is 16.6. The summed E-state index contributed by atoms with van der Waals surface area (Å²) in [7, 11) is 0. The second-order valence-electron chi connectivity index (χ2n) is 6.03. The Bertz CT molecular complexity index is 668. The van der Waals surface area contributed by atoms with Gasteiger partial charge < -0.3 is 4.90 Å². The zero-order chi connectivity index (χ0) is 17.9. The van der Waals surface area contributed by atoms with Gasteiger partial charge in [-0.2, -0.15) is 0 Å². The molecule has 0 heterocycles. The van der Waals surface area contributed by atoms with Crippen molar-refractivity contribution < 1.29 is 14.6 Å². The third kappa shape index (κ3) is 3.52. The number of carbonyl (C=O) groups excluding carboxylic acids is 1. The van der Waals surface area contributed by atoms with Gasteiger partial charge in [-0.05, 0) is 26.7 Å². The van der Waals surface area contributed by atoms with Gasteiger partial charge in [-0.15, -0.1) is 0 Å². The highest BCUT2D eigenvalue weighted by Crippen LogP contribution is 2.30. The first kappa shape index (κ1) is 17.8. The van der Waals surface area contributed by atoms with Crippen LogP contribution < -0.4 is 0 Å². The van der Waals surface area contributed by atoms with E-state index in [0.29, 0.717) is 6.54 Å². The summed E-state index contributed by atoms with van der Waals surface area (Å²) in [6, 6.07) is 2.15. The van der Waals surface area contributed by atoms with Crippen LogP contribution in [0.1, 0.15) is 54.9 Å². The fourth-order valence-corrected chi connectivity index (χ4v) is 3.32. The average molecular weight is 335 g/mol. The number of carbonyl (C=O) groups is 1. The number of nitrogens with zero attached hydrogens (tertiary/aromatic N) is 3. The molecule has 1 aromatic rings. The van der Waals surface area contributed by atoms with Gasteiger partial charge in [0.2, 0.25) is 0 Å². The van der Waals surface area contributed by atoms with Crippen LogP contribution in [0.15, 0.2) is 12.1 Å². The smallest absolute Gasteiger partial charge is 0.279 e. The molecule has 1 saturated carbocycles. The molecule has 1 fully saturated rings. The molecule has 24 heavy (non-hydrogen) atoms. The van der Waals surface area contributed by atoms with Gasteiger partial charge in [0.05, 0.1) is 21.5 Å². The summed E-state index contributed by atoms with van der Waals surface area (Å²) in [4.78, 5) is 35.5. The molecule has 0 atom stereocenters. The number of hydrogen-bond acceptors (Lipinski definition) is 5. The molecule has 1 amide bonds. The van der Waals surface area contributed by atoms with Crippen molar-refractivity contribution in [2.24, 2.45) is 0 Å². The molecular weight excluding hydrogens is 314 g/mol. The number of amides is 1. The maximum Gasteiger partial charge on any atom is 0.279 e. The lowest BCUT2D eigenvalue weighted by Crippen LogP contribution is -2.41. The SMILES string of the molecule is CCN(C(=O)c1cc([N+](=O)[O-])cc([N+](=O)[O-])c1C)C1CCCCC1. The normalized spacial score (nSPS) is 15.1. The van der Waals surface area contributed by atoms with Gasteiger partial charge in [0, 0.05) is 24.2 Å². The monoisotopic (exact) mass is 335 g/mol. The van der Waals surface area contributed by atoms with E-state index in [0.717, 1.165) is 44.2 Å². The summed E-state index contributed by atoms with van der Waals surface area (Å²) in [5, 5.41) is 22.2. The van der Waals surface area contributed by atoms with Crippen molar-refractivity contribution in [3.63, 3.8) is 0 Å². The van der Waals surface area contributed by atoms with Crippen molar-refractivity contribution >= 4 is 17.3 Å². The average Bonchev–Trinajstić information content (AvgIpc) is 2.56. The van der Waals surface area contributed by atoms with Gasteiger partial charge in [0.15, 0.2) is 0 Å². The second kappa shape index (κ2) is 7.37. The Morgan fingerprint density at radius 2 is 1.79 bits per heavy atom. The van der Waals surface area contributed by atoms with Crippen molar-refractivity contribution in [3.8, 4) is 0 Å².